The van der Waals surface area contributed by atoms with Crippen molar-refractivity contribution in [2.45, 2.75) is 24.9 Å². The maximum atomic E-state index is 11.9. The number of pyridine rings is 1. The van der Waals surface area contributed by atoms with Crippen molar-refractivity contribution in [3.8, 4) is 0 Å². The van der Waals surface area contributed by atoms with Gasteiger partial charge >= 0.3 is 0 Å². The zero-order chi connectivity index (χ0) is 13.8. The minimum Gasteiger partial charge on any atom is -0.396 e. The number of aromatic nitrogens is 1. The van der Waals surface area contributed by atoms with Gasteiger partial charge in [0.25, 0.3) is 10.0 Å². The second kappa shape index (κ2) is 5.78. The molecule has 1 rings (SSSR count). The molecule has 1 atom stereocenters. The van der Waals surface area contributed by atoms with Gasteiger partial charge in [0.1, 0.15) is 0 Å². The van der Waals surface area contributed by atoms with Crippen LogP contribution >= 0.6 is 0 Å². The summed E-state index contributed by atoms with van der Waals surface area (Å²) in [4.78, 5) is 15.1. The predicted molar refractivity (Wildman–Crippen MR) is 67.1 cm³/mol. The average molecular weight is 272 g/mol. The summed E-state index contributed by atoms with van der Waals surface area (Å²) >= 11 is 0. The summed E-state index contributed by atoms with van der Waals surface area (Å²) in [6.07, 6.45) is 1.32. The molecule has 0 aliphatic rings. The van der Waals surface area contributed by atoms with Crippen molar-refractivity contribution in [3.05, 3.63) is 18.3 Å². The first kappa shape index (κ1) is 14.4. The molecule has 0 aromatic carbocycles. The number of carbonyl (C=O) groups excluding carboxylic acids is 1. The first-order valence-electron chi connectivity index (χ1n) is 5.39. The summed E-state index contributed by atoms with van der Waals surface area (Å²) in [6.45, 7) is 3.62. The Balaban J connectivity index is 2.90. The van der Waals surface area contributed by atoms with Crippen molar-refractivity contribution in [2.24, 2.45) is 0 Å². The summed E-state index contributed by atoms with van der Waals surface area (Å²) in [6, 6.07) is 2.07. The lowest BCUT2D eigenvalue weighted by molar-refractivity contribution is -0.122. The molecule has 0 bridgehead atoms. The van der Waals surface area contributed by atoms with Crippen molar-refractivity contribution in [3.63, 3.8) is 0 Å². The molecule has 1 unspecified atom stereocenters. The molecule has 8 heteroatoms. The summed E-state index contributed by atoms with van der Waals surface area (Å²) in [5.41, 5.74) is 5.57. The Bertz CT molecular complexity index is 530. The van der Waals surface area contributed by atoms with Gasteiger partial charge in [0, 0.05) is 12.7 Å². The second-order valence-electron chi connectivity index (χ2n) is 3.64. The number of nitrogens with zero attached hydrogens (tertiary/aromatic N) is 1. The van der Waals surface area contributed by atoms with Crippen LogP contribution in [-0.4, -0.2) is 31.9 Å². The topological polar surface area (TPSA) is 114 Å². The Morgan fingerprint density at radius 1 is 1.56 bits per heavy atom. The largest absolute Gasteiger partial charge is 0.396 e. The third-order valence-corrected chi connectivity index (χ3v) is 3.65. The van der Waals surface area contributed by atoms with Crippen molar-refractivity contribution in [1.82, 2.24) is 15.0 Å². The van der Waals surface area contributed by atoms with E-state index in [-0.39, 0.29) is 10.7 Å². The molecule has 1 aromatic rings. The van der Waals surface area contributed by atoms with Crippen molar-refractivity contribution in [1.29, 1.82) is 0 Å². The molecule has 7 nitrogen and oxygen atoms in total. The normalized spacial score (nSPS) is 13.0. The van der Waals surface area contributed by atoms with Crippen molar-refractivity contribution in [2.75, 3.05) is 12.3 Å². The summed E-state index contributed by atoms with van der Waals surface area (Å²) in [7, 11) is -3.90. The molecule has 0 fully saturated rings. The molecule has 100 valence electrons. The molecule has 18 heavy (non-hydrogen) atoms. The van der Waals surface area contributed by atoms with Gasteiger partial charge in [-0.25, -0.2) is 13.4 Å². The number of amides is 1. The first-order valence-corrected chi connectivity index (χ1v) is 6.87. The summed E-state index contributed by atoms with van der Waals surface area (Å²) < 4.78 is 26.1. The molecule has 0 spiro atoms. The number of rotatable bonds is 5. The van der Waals surface area contributed by atoms with Crippen LogP contribution in [0.3, 0.4) is 0 Å². The van der Waals surface area contributed by atoms with E-state index in [0.717, 1.165) is 0 Å². The van der Waals surface area contributed by atoms with E-state index in [4.69, 9.17) is 5.73 Å². The van der Waals surface area contributed by atoms with Crippen LogP contribution in [-0.2, 0) is 14.8 Å². The Morgan fingerprint density at radius 3 is 2.78 bits per heavy atom. The predicted octanol–water partition coefficient (Wildman–Crippen LogP) is -0.533. The van der Waals surface area contributed by atoms with Gasteiger partial charge in [-0.1, -0.05) is 0 Å². The van der Waals surface area contributed by atoms with Gasteiger partial charge in [-0.15, -0.1) is 0 Å². The second-order valence-corrected chi connectivity index (χ2v) is 5.26. The fraction of sp³-hybridized carbons (Fsp3) is 0.400. The number of carbonyl (C=O) groups is 1. The van der Waals surface area contributed by atoms with Crippen LogP contribution in [0.15, 0.2) is 23.4 Å². The van der Waals surface area contributed by atoms with E-state index in [1.807, 2.05) is 0 Å². The van der Waals surface area contributed by atoms with E-state index in [1.165, 1.54) is 25.3 Å². The number of nitrogens with two attached hydrogens (primary N) is 1. The Kier molecular flexibility index (Phi) is 4.62. The smallest absolute Gasteiger partial charge is 0.260 e. The maximum Gasteiger partial charge on any atom is 0.260 e. The lowest BCUT2D eigenvalue weighted by Crippen LogP contribution is -2.44. The first-order chi connectivity index (χ1) is 8.38. The number of anilines is 1. The number of nitrogen functional groups attached to an aromatic ring is 1. The highest BCUT2D eigenvalue weighted by molar-refractivity contribution is 7.89. The third-order valence-electron chi connectivity index (χ3n) is 2.13. The van der Waals surface area contributed by atoms with Crippen LogP contribution in [0.4, 0.5) is 5.69 Å². The standard InChI is InChI=1S/C10H16N4O3S/c1-3-12-9(15)7(2)14-18(16,17)10-8(11)5-4-6-13-10/h4-7,14H,3,11H2,1-2H3,(H,12,15). The van der Waals surface area contributed by atoms with Gasteiger partial charge in [-0.05, 0) is 26.0 Å². The number of hydrogen-bond acceptors (Lipinski definition) is 5. The highest BCUT2D eigenvalue weighted by Crippen LogP contribution is 2.13. The zero-order valence-corrected chi connectivity index (χ0v) is 11.0. The summed E-state index contributed by atoms with van der Waals surface area (Å²) in [5.74, 6) is -0.407. The zero-order valence-electron chi connectivity index (χ0n) is 10.2. The van der Waals surface area contributed by atoms with Crippen LogP contribution in [0.25, 0.3) is 0 Å². The lowest BCUT2D eigenvalue weighted by atomic mass is 10.3. The van der Waals surface area contributed by atoms with Gasteiger partial charge in [-0.3, -0.25) is 4.79 Å². The molecule has 0 aliphatic heterocycles. The molecule has 4 N–H and O–H groups in total. The van der Waals surface area contributed by atoms with E-state index in [0.29, 0.717) is 6.54 Å². The summed E-state index contributed by atoms with van der Waals surface area (Å²) in [5, 5.41) is 2.24. The fourth-order valence-electron chi connectivity index (χ4n) is 1.30. The Labute approximate surface area is 106 Å². The van der Waals surface area contributed by atoms with Crippen LogP contribution in [0.2, 0.25) is 0 Å². The minimum absolute atomic E-state index is 0.0353. The van der Waals surface area contributed by atoms with Crippen LogP contribution in [0.5, 0.6) is 0 Å². The molecule has 0 saturated heterocycles. The van der Waals surface area contributed by atoms with Crippen molar-refractivity contribution >= 4 is 21.6 Å². The van der Waals surface area contributed by atoms with Gasteiger partial charge in [0.15, 0.2) is 5.03 Å². The molecule has 1 heterocycles. The van der Waals surface area contributed by atoms with Crippen LogP contribution < -0.4 is 15.8 Å². The highest BCUT2D eigenvalue weighted by Gasteiger charge is 2.24. The quantitative estimate of drug-likeness (QED) is 0.666. The maximum absolute atomic E-state index is 11.9. The Morgan fingerprint density at radius 2 is 2.22 bits per heavy atom. The molecular formula is C10H16N4O3S. The average Bonchev–Trinajstić information content (AvgIpc) is 2.29. The Hall–Kier alpha value is -1.67. The number of nitrogens with one attached hydrogen (secondary N) is 2. The molecule has 1 amide bonds. The highest BCUT2D eigenvalue weighted by atomic mass is 32.2. The van der Waals surface area contributed by atoms with Crippen LogP contribution in [0, 0.1) is 0 Å². The third kappa shape index (κ3) is 3.41. The van der Waals surface area contributed by atoms with Gasteiger partial charge in [-0.2, -0.15) is 4.72 Å². The number of likely N-dealkylation sites (N-methyl/N-ethyl adjacent to an activating group) is 1. The van der Waals surface area contributed by atoms with E-state index >= 15 is 0 Å². The van der Waals surface area contributed by atoms with E-state index in [2.05, 4.69) is 15.0 Å². The lowest BCUT2D eigenvalue weighted by Gasteiger charge is -2.13. The minimum atomic E-state index is -3.90. The van der Waals surface area contributed by atoms with E-state index in [9.17, 15) is 13.2 Å². The van der Waals surface area contributed by atoms with Gasteiger partial charge in [0.05, 0.1) is 11.7 Å². The monoisotopic (exact) mass is 272 g/mol. The van der Waals surface area contributed by atoms with Crippen molar-refractivity contribution < 1.29 is 13.2 Å². The SMILES string of the molecule is CCNC(=O)C(C)NS(=O)(=O)c1ncccc1N. The molecule has 1 aromatic heterocycles. The number of sulfonamides is 1. The van der Waals surface area contributed by atoms with Gasteiger partial charge < -0.3 is 11.1 Å². The fourth-order valence-corrected chi connectivity index (χ4v) is 2.56. The molecule has 0 saturated carbocycles. The van der Waals surface area contributed by atoms with E-state index < -0.39 is 22.0 Å². The number of hydrogen-bond donors (Lipinski definition) is 3. The van der Waals surface area contributed by atoms with Gasteiger partial charge in [0.2, 0.25) is 5.91 Å². The molecule has 0 radical (unpaired) electrons. The van der Waals surface area contributed by atoms with Crippen LogP contribution in [0.1, 0.15) is 13.8 Å². The molecular weight excluding hydrogens is 256 g/mol. The van der Waals surface area contributed by atoms with E-state index in [1.54, 1.807) is 6.92 Å². The molecule has 0 aliphatic carbocycles.